The average molecular weight is 330 g/mol. The van der Waals surface area contributed by atoms with Crippen LogP contribution in [0.3, 0.4) is 0 Å². The fourth-order valence-electron chi connectivity index (χ4n) is 2.03. The summed E-state index contributed by atoms with van der Waals surface area (Å²) in [6, 6.07) is 5.87. The molecule has 6 nitrogen and oxygen atoms in total. The number of urea groups is 1. The molecular formula is C15H20F2N2O4. The van der Waals surface area contributed by atoms with Gasteiger partial charge in [-0.25, -0.2) is 13.6 Å². The molecule has 2 N–H and O–H groups in total. The molecule has 128 valence electrons. The molecule has 23 heavy (non-hydrogen) atoms. The summed E-state index contributed by atoms with van der Waals surface area (Å²) < 4.78 is 40.4. The van der Waals surface area contributed by atoms with Crippen molar-refractivity contribution < 1.29 is 27.8 Å². The van der Waals surface area contributed by atoms with Crippen LogP contribution in [0.15, 0.2) is 24.3 Å². The minimum atomic E-state index is -2.59. The third-order valence-corrected chi connectivity index (χ3v) is 3.17. The monoisotopic (exact) mass is 330 g/mol. The molecule has 0 aromatic heterocycles. The van der Waals surface area contributed by atoms with Crippen LogP contribution in [0.2, 0.25) is 0 Å². The molecule has 2 rings (SSSR count). The number of hydrogen-bond acceptors (Lipinski definition) is 4. The fraction of sp³-hybridized carbons (Fsp3) is 0.533. The van der Waals surface area contributed by atoms with Crippen molar-refractivity contribution in [2.24, 2.45) is 0 Å². The molecule has 1 aliphatic heterocycles. The highest BCUT2D eigenvalue weighted by molar-refractivity contribution is 5.90. The molecule has 1 aliphatic rings. The first kappa shape index (κ1) is 17.4. The van der Waals surface area contributed by atoms with Gasteiger partial charge in [0.2, 0.25) is 0 Å². The van der Waals surface area contributed by atoms with Crippen molar-refractivity contribution in [3.8, 4) is 5.75 Å². The number of nitrogens with one attached hydrogen (secondary N) is 2. The van der Waals surface area contributed by atoms with Crippen LogP contribution in [0.4, 0.5) is 19.3 Å². The van der Waals surface area contributed by atoms with E-state index < -0.39 is 24.9 Å². The van der Waals surface area contributed by atoms with Crippen LogP contribution in [0, 0.1) is 0 Å². The molecule has 2 amide bonds. The Kier molecular flexibility index (Phi) is 6.12. The van der Waals surface area contributed by atoms with Crippen molar-refractivity contribution in [1.82, 2.24) is 5.32 Å². The van der Waals surface area contributed by atoms with E-state index in [9.17, 15) is 13.6 Å². The van der Waals surface area contributed by atoms with E-state index >= 15 is 0 Å². The van der Waals surface area contributed by atoms with E-state index in [1.165, 1.54) is 6.07 Å². The molecule has 1 aromatic carbocycles. The van der Waals surface area contributed by atoms with Crippen LogP contribution in [-0.4, -0.2) is 44.6 Å². The maximum Gasteiger partial charge on any atom is 0.319 e. The number of halogens is 2. The Bertz CT molecular complexity index is 522. The number of para-hydroxylation sites is 2. The fourth-order valence-corrected chi connectivity index (χ4v) is 2.03. The maximum absolute atomic E-state index is 12.2. The van der Waals surface area contributed by atoms with Gasteiger partial charge in [-0.1, -0.05) is 12.1 Å². The lowest BCUT2D eigenvalue weighted by molar-refractivity contribution is -0.250. The van der Waals surface area contributed by atoms with Gasteiger partial charge in [0, 0.05) is 0 Å². The third kappa shape index (κ3) is 5.65. The smallest absolute Gasteiger partial charge is 0.319 e. The molecule has 0 bridgehead atoms. The Morgan fingerprint density at radius 2 is 2.04 bits per heavy atom. The number of carbonyl (C=O) groups excluding carboxylic acids is 1. The number of anilines is 1. The first-order valence-corrected chi connectivity index (χ1v) is 7.31. The second-order valence-corrected chi connectivity index (χ2v) is 5.19. The summed E-state index contributed by atoms with van der Waals surface area (Å²) in [5.74, 6) is -0.680. The minimum absolute atomic E-state index is 0.166. The van der Waals surface area contributed by atoms with Gasteiger partial charge in [-0.15, -0.1) is 0 Å². The normalized spacial score (nSPS) is 16.9. The van der Waals surface area contributed by atoms with Gasteiger partial charge < -0.3 is 24.8 Å². The molecule has 8 heteroatoms. The predicted molar refractivity (Wildman–Crippen MR) is 79.9 cm³/mol. The summed E-state index contributed by atoms with van der Waals surface area (Å²) in [5.41, 5.74) is 0.307. The Hall–Kier alpha value is -1.93. The lowest BCUT2D eigenvalue weighted by Gasteiger charge is -2.33. The maximum atomic E-state index is 12.2. The summed E-state index contributed by atoms with van der Waals surface area (Å²) in [5, 5.41) is 5.19. The zero-order chi connectivity index (χ0) is 16.7. The summed E-state index contributed by atoms with van der Waals surface area (Å²) >= 11 is 0. The van der Waals surface area contributed by atoms with Gasteiger partial charge >= 0.3 is 6.03 Å². The molecule has 0 saturated carbocycles. The third-order valence-electron chi connectivity index (χ3n) is 3.17. The van der Waals surface area contributed by atoms with Crippen molar-refractivity contribution in [1.29, 1.82) is 0 Å². The lowest BCUT2D eigenvalue weighted by Crippen LogP contribution is -2.48. The Morgan fingerprint density at radius 3 is 2.74 bits per heavy atom. The highest BCUT2D eigenvalue weighted by atomic mass is 19.3. The minimum Gasteiger partial charge on any atom is -0.485 e. The SMILES string of the molecule is CC1(CNC(=O)Nc2ccccc2OCC(F)F)OCCCO1. The highest BCUT2D eigenvalue weighted by Gasteiger charge is 2.29. The molecule has 1 heterocycles. The van der Waals surface area contributed by atoms with Gasteiger partial charge in [0.25, 0.3) is 6.43 Å². The van der Waals surface area contributed by atoms with E-state index in [1.54, 1.807) is 25.1 Å². The molecule has 0 spiro atoms. The number of rotatable bonds is 6. The summed E-state index contributed by atoms with van der Waals surface area (Å²) in [6.07, 6.45) is -1.77. The van der Waals surface area contributed by atoms with Gasteiger partial charge in [-0.3, -0.25) is 0 Å². The molecule has 1 aromatic rings. The van der Waals surface area contributed by atoms with Crippen LogP contribution < -0.4 is 15.4 Å². The largest absolute Gasteiger partial charge is 0.485 e. The van der Waals surface area contributed by atoms with Gasteiger partial charge in [0.15, 0.2) is 5.79 Å². The van der Waals surface area contributed by atoms with Gasteiger partial charge in [-0.05, 0) is 25.5 Å². The van der Waals surface area contributed by atoms with Crippen LogP contribution in [-0.2, 0) is 9.47 Å². The van der Waals surface area contributed by atoms with Crippen molar-refractivity contribution in [3.05, 3.63) is 24.3 Å². The van der Waals surface area contributed by atoms with Crippen molar-refractivity contribution in [2.45, 2.75) is 25.6 Å². The first-order valence-electron chi connectivity index (χ1n) is 7.31. The Morgan fingerprint density at radius 1 is 1.35 bits per heavy atom. The molecule has 0 atom stereocenters. The second-order valence-electron chi connectivity index (χ2n) is 5.19. The zero-order valence-electron chi connectivity index (χ0n) is 12.8. The quantitative estimate of drug-likeness (QED) is 0.841. The first-order chi connectivity index (χ1) is 11.0. The number of benzene rings is 1. The standard InChI is InChI=1S/C15H20F2N2O4/c1-15(22-7-4-8-23-15)10-18-14(20)19-11-5-2-3-6-12(11)21-9-13(16)17/h2-3,5-6,13H,4,7-10H2,1H3,(H2,18,19,20). The number of ether oxygens (including phenoxy) is 3. The van der Waals surface area contributed by atoms with Crippen molar-refractivity contribution >= 4 is 11.7 Å². The van der Waals surface area contributed by atoms with Gasteiger partial charge in [0.05, 0.1) is 25.4 Å². The molecular weight excluding hydrogens is 310 g/mol. The number of alkyl halides is 2. The van der Waals surface area contributed by atoms with E-state index in [4.69, 9.17) is 14.2 Å². The Labute approximate surface area is 133 Å². The topological polar surface area (TPSA) is 68.8 Å². The van der Waals surface area contributed by atoms with Crippen LogP contribution >= 0.6 is 0 Å². The van der Waals surface area contributed by atoms with Crippen molar-refractivity contribution in [2.75, 3.05) is 31.7 Å². The summed E-state index contributed by atoms with van der Waals surface area (Å²) in [4.78, 5) is 12.0. The Balaban J connectivity index is 1.87. The van der Waals surface area contributed by atoms with Crippen molar-refractivity contribution in [3.63, 3.8) is 0 Å². The second kappa shape index (κ2) is 8.07. The van der Waals surface area contributed by atoms with E-state index in [0.717, 1.165) is 6.42 Å². The van der Waals surface area contributed by atoms with Crippen LogP contribution in [0.1, 0.15) is 13.3 Å². The van der Waals surface area contributed by atoms with Crippen LogP contribution in [0.25, 0.3) is 0 Å². The zero-order valence-corrected chi connectivity index (χ0v) is 12.8. The molecule has 1 fully saturated rings. The van der Waals surface area contributed by atoms with Gasteiger partial charge in [0.1, 0.15) is 12.4 Å². The number of amides is 2. The van der Waals surface area contributed by atoms with E-state index in [1.807, 2.05) is 0 Å². The van der Waals surface area contributed by atoms with E-state index in [0.29, 0.717) is 18.9 Å². The molecule has 1 saturated heterocycles. The predicted octanol–water partition coefficient (Wildman–Crippen LogP) is 2.61. The van der Waals surface area contributed by atoms with Gasteiger partial charge in [-0.2, -0.15) is 0 Å². The summed E-state index contributed by atoms with van der Waals surface area (Å²) in [6.45, 7) is 2.32. The number of hydrogen-bond donors (Lipinski definition) is 2. The lowest BCUT2D eigenvalue weighted by atomic mass is 10.2. The van der Waals surface area contributed by atoms with Crippen LogP contribution in [0.5, 0.6) is 5.75 Å². The number of carbonyl (C=O) groups is 1. The highest BCUT2D eigenvalue weighted by Crippen LogP contribution is 2.24. The summed E-state index contributed by atoms with van der Waals surface area (Å²) in [7, 11) is 0. The molecule has 0 aliphatic carbocycles. The van der Waals surface area contributed by atoms with E-state index in [2.05, 4.69) is 10.6 Å². The average Bonchev–Trinajstić information content (AvgIpc) is 2.53. The molecule has 0 unspecified atom stereocenters. The molecule has 0 radical (unpaired) electrons. The van der Waals surface area contributed by atoms with E-state index in [-0.39, 0.29) is 12.3 Å².